The van der Waals surface area contributed by atoms with E-state index in [4.69, 9.17) is 14.5 Å². The number of methoxy groups -OCH3 is 1. The lowest BCUT2D eigenvalue weighted by molar-refractivity contribution is 0.279. The van der Waals surface area contributed by atoms with Crippen molar-refractivity contribution in [3.05, 3.63) is 138 Å². The molecule has 0 saturated carbocycles. The van der Waals surface area contributed by atoms with Crippen LogP contribution in [-0.4, -0.2) is 23.3 Å². The Labute approximate surface area is 212 Å². The number of hydrogen-bond acceptors (Lipinski definition) is 3. The maximum absolute atomic E-state index is 6.23. The molecular formula is C32H30N2O2. The second kappa shape index (κ2) is 11.0. The molecule has 36 heavy (non-hydrogen) atoms. The van der Waals surface area contributed by atoms with Gasteiger partial charge in [-0.25, -0.2) is 4.98 Å². The van der Waals surface area contributed by atoms with Gasteiger partial charge in [0.25, 0.3) is 0 Å². The van der Waals surface area contributed by atoms with Gasteiger partial charge >= 0.3 is 0 Å². The lowest BCUT2D eigenvalue weighted by Gasteiger charge is -2.20. The molecule has 0 saturated heterocycles. The lowest BCUT2D eigenvalue weighted by Crippen LogP contribution is -2.16. The first-order valence-corrected chi connectivity index (χ1v) is 12.2. The summed E-state index contributed by atoms with van der Waals surface area (Å²) < 4.78 is 14.1. The predicted octanol–water partition coefficient (Wildman–Crippen LogP) is 7.03. The highest BCUT2D eigenvalue weighted by atomic mass is 16.5. The molecule has 1 aromatic heterocycles. The van der Waals surface area contributed by atoms with E-state index in [9.17, 15) is 0 Å². The molecule has 0 spiro atoms. The van der Waals surface area contributed by atoms with Gasteiger partial charge < -0.3 is 14.0 Å². The highest BCUT2D eigenvalue weighted by Crippen LogP contribution is 2.34. The lowest BCUT2D eigenvalue weighted by atomic mass is 9.90. The summed E-state index contributed by atoms with van der Waals surface area (Å²) in [4.78, 5) is 5.13. The molecule has 4 heteroatoms. The normalized spacial score (nSPS) is 11.1. The number of benzene rings is 4. The zero-order chi connectivity index (χ0) is 24.7. The van der Waals surface area contributed by atoms with Gasteiger partial charge in [-0.1, -0.05) is 84.9 Å². The smallest absolute Gasteiger partial charge is 0.161 e. The Hall–Kier alpha value is -4.31. The maximum Gasteiger partial charge on any atom is 0.161 e. The number of nitrogens with zero attached hydrogens (tertiary/aromatic N) is 2. The summed E-state index contributed by atoms with van der Waals surface area (Å²) in [5.41, 5.74) is 5.64. The van der Waals surface area contributed by atoms with Crippen LogP contribution in [-0.2, 0) is 13.0 Å². The van der Waals surface area contributed by atoms with Gasteiger partial charge in [-0.3, -0.25) is 0 Å². The van der Waals surface area contributed by atoms with Gasteiger partial charge in [0.2, 0.25) is 0 Å². The van der Waals surface area contributed by atoms with Crippen molar-refractivity contribution in [2.45, 2.75) is 18.9 Å². The van der Waals surface area contributed by atoms with Gasteiger partial charge in [0.1, 0.15) is 12.4 Å². The van der Waals surface area contributed by atoms with Crippen LogP contribution in [0.25, 0.3) is 11.0 Å². The molecule has 0 aliphatic rings. The number of rotatable bonds is 10. The summed E-state index contributed by atoms with van der Waals surface area (Å²) in [5, 5.41) is 0. The van der Waals surface area contributed by atoms with Gasteiger partial charge in [0, 0.05) is 0 Å². The first-order chi connectivity index (χ1) is 17.8. The van der Waals surface area contributed by atoms with Crippen LogP contribution in [0.4, 0.5) is 0 Å². The van der Waals surface area contributed by atoms with Gasteiger partial charge in [-0.2, -0.15) is 0 Å². The Morgan fingerprint density at radius 1 is 0.833 bits per heavy atom. The molecule has 0 aliphatic heterocycles. The van der Waals surface area contributed by atoms with E-state index in [0.717, 1.165) is 40.3 Å². The van der Waals surface area contributed by atoms with E-state index in [1.165, 1.54) is 11.1 Å². The highest BCUT2D eigenvalue weighted by Gasteiger charge is 2.24. The number of para-hydroxylation sites is 2. The fraction of sp³-hybridized carbons (Fsp3) is 0.156. The molecule has 0 radical (unpaired) electrons. The molecule has 0 atom stereocenters. The summed E-state index contributed by atoms with van der Waals surface area (Å²) in [5.74, 6) is 2.48. The van der Waals surface area contributed by atoms with Gasteiger partial charge in [-0.05, 0) is 47.4 Å². The summed E-state index contributed by atoms with van der Waals surface area (Å²) in [7, 11) is 1.67. The molecule has 1 heterocycles. The first kappa shape index (κ1) is 23.4. The van der Waals surface area contributed by atoms with Crippen molar-refractivity contribution in [2.24, 2.45) is 0 Å². The molecule has 0 unspecified atom stereocenters. The molecule has 5 aromatic rings. The largest absolute Gasteiger partial charge is 0.493 e. The number of ether oxygens (including phenoxy) is 2. The fourth-order valence-corrected chi connectivity index (χ4v) is 4.70. The highest BCUT2D eigenvalue weighted by molar-refractivity contribution is 5.76. The minimum atomic E-state index is 0.00697. The van der Waals surface area contributed by atoms with Crippen LogP contribution in [0.1, 0.15) is 28.4 Å². The van der Waals surface area contributed by atoms with E-state index in [0.29, 0.717) is 13.2 Å². The zero-order valence-corrected chi connectivity index (χ0v) is 20.5. The summed E-state index contributed by atoms with van der Waals surface area (Å²) in [6.45, 7) is 4.97. The fourth-order valence-electron chi connectivity index (χ4n) is 4.70. The second-order valence-electron chi connectivity index (χ2n) is 8.69. The Balaban J connectivity index is 1.50. The van der Waals surface area contributed by atoms with Crippen LogP contribution in [0.3, 0.4) is 0 Å². The van der Waals surface area contributed by atoms with Crippen molar-refractivity contribution in [3.63, 3.8) is 0 Å². The van der Waals surface area contributed by atoms with E-state index < -0.39 is 0 Å². The number of imidazole rings is 1. The van der Waals surface area contributed by atoms with Crippen LogP contribution < -0.4 is 9.47 Å². The maximum atomic E-state index is 6.23. The van der Waals surface area contributed by atoms with Crippen LogP contribution in [0.5, 0.6) is 11.5 Å². The SMILES string of the molecule is C=CCc1ccc(OCCn2c(C(c3ccccc3)c3ccccc3)nc3ccccc32)c(OC)c1. The van der Waals surface area contributed by atoms with Crippen LogP contribution >= 0.6 is 0 Å². The van der Waals surface area contributed by atoms with E-state index in [1.54, 1.807) is 7.11 Å². The van der Waals surface area contributed by atoms with Crippen molar-refractivity contribution < 1.29 is 9.47 Å². The third kappa shape index (κ3) is 4.89. The molecule has 5 rings (SSSR count). The third-order valence-corrected chi connectivity index (χ3v) is 6.39. The van der Waals surface area contributed by atoms with Crippen molar-refractivity contribution in [1.29, 1.82) is 0 Å². The van der Waals surface area contributed by atoms with Crippen molar-refractivity contribution >= 4 is 11.0 Å². The van der Waals surface area contributed by atoms with Gasteiger partial charge in [0.05, 0.1) is 30.6 Å². The Bertz CT molecular complexity index is 1400. The van der Waals surface area contributed by atoms with E-state index >= 15 is 0 Å². The average Bonchev–Trinajstić information content (AvgIpc) is 3.29. The standard InChI is InChI=1S/C32H30N2O2/c1-3-12-24-19-20-29(30(23-24)35-2)36-22-21-34-28-18-11-10-17-27(28)33-32(34)31(25-13-6-4-7-14-25)26-15-8-5-9-16-26/h3-11,13-20,23,31H,1,12,21-22H2,2H3. The number of aromatic nitrogens is 2. The summed E-state index contributed by atoms with van der Waals surface area (Å²) in [6, 6.07) is 35.5. The molecule has 0 amide bonds. The minimum Gasteiger partial charge on any atom is -0.493 e. The molecule has 4 nitrogen and oxygen atoms in total. The molecular weight excluding hydrogens is 444 g/mol. The molecule has 0 N–H and O–H groups in total. The third-order valence-electron chi connectivity index (χ3n) is 6.39. The molecule has 4 aromatic carbocycles. The van der Waals surface area contributed by atoms with E-state index in [-0.39, 0.29) is 5.92 Å². The van der Waals surface area contributed by atoms with Crippen LogP contribution in [0.15, 0.2) is 116 Å². The molecule has 0 bridgehead atoms. The molecule has 0 fully saturated rings. The monoisotopic (exact) mass is 474 g/mol. The summed E-state index contributed by atoms with van der Waals surface area (Å²) >= 11 is 0. The molecule has 0 aliphatic carbocycles. The quantitative estimate of drug-likeness (QED) is 0.204. The van der Waals surface area contributed by atoms with Crippen LogP contribution in [0.2, 0.25) is 0 Å². The Morgan fingerprint density at radius 2 is 1.50 bits per heavy atom. The summed E-state index contributed by atoms with van der Waals surface area (Å²) in [6.07, 6.45) is 2.68. The van der Waals surface area contributed by atoms with Crippen molar-refractivity contribution in [1.82, 2.24) is 9.55 Å². The Morgan fingerprint density at radius 3 is 2.17 bits per heavy atom. The number of fused-ring (bicyclic) bond motifs is 1. The van der Waals surface area contributed by atoms with Gasteiger partial charge in [-0.15, -0.1) is 6.58 Å². The van der Waals surface area contributed by atoms with Gasteiger partial charge in [0.15, 0.2) is 11.5 Å². The van der Waals surface area contributed by atoms with Crippen LogP contribution in [0, 0.1) is 0 Å². The zero-order valence-electron chi connectivity index (χ0n) is 20.5. The van der Waals surface area contributed by atoms with E-state index in [1.807, 2.05) is 24.3 Å². The van der Waals surface area contributed by atoms with Crippen molar-refractivity contribution in [3.8, 4) is 11.5 Å². The number of allylic oxidation sites excluding steroid dienone is 1. The minimum absolute atomic E-state index is 0.00697. The second-order valence-corrected chi connectivity index (χ2v) is 8.69. The predicted molar refractivity (Wildman–Crippen MR) is 146 cm³/mol. The first-order valence-electron chi connectivity index (χ1n) is 12.2. The van der Waals surface area contributed by atoms with E-state index in [2.05, 4.69) is 96.1 Å². The number of hydrogen-bond donors (Lipinski definition) is 0. The van der Waals surface area contributed by atoms with Crippen molar-refractivity contribution in [2.75, 3.05) is 13.7 Å². The Kier molecular flexibility index (Phi) is 7.13. The topological polar surface area (TPSA) is 36.3 Å². The average molecular weight is 475 g/mol. The molecule has 180 valence electrons.